The first-order valence-electron chi connectivity index (χ1n) is 6.83. The minimum absolute atomic E-state index is 0.202. The Morgan fingerprint density at radius 2 is 2.15 bits per heavy atom. The van der Waals surface area contributed by atoms with Crippen LogP contribution < -0.4 is 9.80 Å². The van der Waals surface area contributed by atoms with Gasteiger partial charge in [0.15, 0.2) is 0 Å². The molecule has 1 aromatic heterocycles. The topological polar surface area (TPSA) is 36.4 Å². The normalized spacial score (nSPS) is 16.6. The molecule has 2 aromatic rings. The molecule has 0 spiro atoms. The third kappa shape index (κ3) is 1.54. The molecule has 2 aliphatic heterocycles. The van der Waals surface area contributed by atoms with Crippen molar-refractivity contribution in [3.8, 4) is 11.1 Å². The van der Waals surface area contributed by atoms with E-state index in [1.54, 1.807) is 6.20 Å². The van der Waals surface area contributed by atoms with E-state index in [-0.39, 0.29) is 5.91 Å². The predicted molar refractivity (Wildman–Crippen MR) is 79.0 cm³/mol. The average molecular weight is 265 g/mol. The molecule has 0 saturated carbocycles. The highest BCUT2D eigenvalue weighted by Gasteiger charge is 2.33. The fourth-order valence-corrected chi connectivity index (χ4v) is 3.14. The van der Waals surface area contributed by atoms with Crippen LogP contribution in [-0.4, -0.2) is 31.0 Å². The fourth-order valence-electron chi connectivity index (χ4n) is 3.14. The van der Waals surface area contributed by atoms with Crippen LogP contribution in [0.4, 0.5) is 11.4 Å². The standard InChI is InChI=1S/C16H15N3O/c1-18-10-15(20)19-6-4-11-7-13(8-14(18)16(11)19)12-3-2-5-17-9-12/h2-3,5,7-9H,4,6,10H2,1H3. The van der Waals surface area contributed by atoms with Gasteiger partial charge in [-0.25, -0.2) is 0 Å². The van der Waals surface area contributed by atoms with Crippen molar-refractivity contribution in [2.75, 3.05) is 29.9 Å². The Labute approximate surface area is 117 Å². The lowest BCUT2D eigenvalue weighted by Gasteiger charge is -2.33. The van der Waals surface area contributed by atoms with Crippen molar-refractivity contribution in [2.24, 2.45) is 0 Å². The molecule has 1 aromatic carbocycles. The summed E-state index contributed by atoms with van der Waals surface area (Å²) in [4.78, 5) is 20.2. The number of aromatic nitrogens is 1. The number of carbonyl (C=O) groups excluding carboxylic acids is 1. The van der Waals surface area contributed by atoms with Crippen LogP contribution in [0.25, 0.3) is 11.1 Å². The minimum atomic E-state index is 0.202. The van der Waals surface area contributed by atoms with Gasteiger partial charge in [-0.15, -0.1) is 0 Å². The van der Waals surface area contributed by atoms with Gasteiger partial charge in [0.05, 0.1) is 17.9 Å². The number of pyridine rings is 1. The van der Waals surface area contributed by atoms with Crippen LogP contribution in [0.1, 0.15) is 5.56 Å². The van der Waals surface area contributed by atoms with Gasteiger partial charge in [-0.05, 0) is 35.7 Å². The zero-order valence-electron chi connectivity index (χ0n) is 11.3. The van der Waals surface area contributed by atoms with Crippen molar-refractivity contribution >= 4 is 17.3 Å². The Balaban J connectivity index is 1.92. The molecule has 0 atom stereocenters. The minimum Gasteiger partial charge on any atom is -0.364 e. The summed E-state index contributed by atoms with van der Waals surface area (Å²) in [6.07, 6.45) is 4.61. The molecule has 3 heterocycles. The molecule has 4 heteroatoms. The summed E-state index contributed by atoms with van der Waals surface area (Å²) in [6.45, 7) is 1.27. The van der Waals surface area contributed by atoms with Gasteiger partial charge in [0.2, 0.25) is 5.91 Å². The second kappa shape index (κ2) is 4.07. The van der Waals surface area contributed by atoms with Crippen LogP contribution in [-0.2, 0) is 11.2 Å². The second-order valence-corrected chi connectivity index (χ2v) is 5.40. The van der Waals surface area contributed by atoms with E-state index < -0.39 is 0 Å². The summed E-state index contributed by atoms with van der Waals surface area (Å²) in [5, 5.41) is 0. The quantitative estimate of drug-likeness (QED) is 0.792. The first-order valence-corrected chi connectivity index (χ1v) is 6.83. The Morgan fingerprint density at radius 1 is 1.25 bits per heavy atom. The Hall–Kier alpha value is -2.36. The molecule has 1 amide bonds. The number of anilines is 2. The molecule has 100 valence electrons. The summed E-state index contributed by atoms with van der Waals surface area (Å²) < 4.78 is 0. The molecule has 0 fully saturated rings. The number of rotatable bonds is 1. The number of nitrogens with zero attached hydrogens (tertiary/aromatic N) is 3. The third-order valence-corrected chi connectivity index (χ3v) is 4.12. The smallest absolute Gasteiger partial charge is 0.246 e. The van der Waals surface area contributed by atoms with Gasteiger partial charge in [-0.2, -0.15) is 0 Å². The summed E-state index contributed by atoms with van der Waals surface area (Å²) in [7, 11) is 1.98. The summed E-state index contributed by atoms with van der Waals surface area (Å²) >= 11 is 0. The van der Waals surface area contributed by atoms with Crippen LogP contribution in [0.5, 0.6) is 0 Å². The van der Waals surface area contributed by atoms with Gasteiger partial charge < -0.3 is 9.80 Å². The van der Waals surface area contributed by atoms with Crippen LogP contribution >= 0.6 is 0 Å². The first kappa shape index (κ1) is 11.5. The zero-order valence-corrected chi connectivity index (χ0v) is 11.3. The lowest BCUT2D eigenvalue weighted by Crippen LogP contribution is -2.42. The van der Waals surface area contributed by atoms with Crippen molar-refractivity contribution in [3.63, 3.8) is 0 Å². The fraction of sp³-hybridized carbons (Fsp3) is 0.250. The molecule has 0 saturated heterocycles. The third-order valence-electron chi connectivity index (χ3n) is 4.12. The maximum atomic E-state index is 12.1. The number of hydrogen-bond donors (Lipinski definition) is 0. The van der Waals surface area contributed by atoms with E-state index in [1.165, 1.54) is 11.1 Å². The van der Waals surface area contributed by atoms with E-state index in [1.807, 2.05) is 29.1 Å². The zero-order chi connectivity index (χ0) is 13.7. The molecule has 4 nitrogen and oxygen atoms in total. The lowest BCUT2D eigenvalue weighted by molar-refractivity contribution is -0.117. The number of hydrogen-bond acceptors (Lipinski definition) is 3. The first-order chi connectivity index (χ1) is 9.74. The second-order valence-electron chi connectivity index (χ2n) is 5.40. The molecule has 20 heavy (non-hydrogen) atoms. The van der Waals surface area contributed by atoms with Gasteiger partial charge in [-0.3, -0.25) is 9.78 Å². The van der Waals surface area contributed by atoms with E-state index in [4.69, 9.17) is 0 Å². The van der Waals surface area contributed by atoms with Gasteiger partial charge in [0.25, 0.3) is 0 Å². The van der Waals surface area contributed by atoms with Crippen molar-refractivity contribution in [2.45, 2.75) is 6.42 Å². The van der Waals surface area contributed by atoms with Crippen LogP contribution in [0.15, 0.2) is 36.7 Å². The average Bonchev–Trinajstić information content (AvgIpc) is 2.90. The molecule has 0 unspecified atom stereocenters. The van der Waals surface area contributed by atoms with Crippen molar-refractivity contribution in [3.05, 3.63) is 42.2 Å². The van der Waals surface area contributed by atoms with Crippen molar-refractivity contribution < 1.29 is 4.79 Å². The molecular formula is C16H15N3O. The van der Waals surface area contributed by atoms with E-state index in [0.717, 1.165) is 29.9 Å². The maximum absolute atomic E-state index is 12.1. The number of likely N-dealkylation sites (N-methyl/N-ethyl adjacent to an activating group) is 1. The van der Waals surface area contributed by atoms with E-state index >= 15 is 0 Å². The van der Waals surface area contributed by atoms with Gasteiger partial charge in [-0.1, -0.05) is 6.07 Å². The number of benzene rings is 1. The maximum Gasteiger partial charge on any atom is 0.246 e. The summed E-state index contributed by atoms with van der Waals surface area (Å²) in [6, 6.07) is 8.39. The van der Waals surface area contributed by atoms with E-state index in [9.17, 15) is 4.79 Å². The molecule has 0 N–H and O–H groups in total. The highest BCUT2D eigenvalue weighted by molar-refractivity contribution is 6.06. The van der Waals surface area contributed by atoms with Gasteiger partial charge in [0.1, 0.15) is 0 Å². The Morgan fingerprint density at radius 3 is 2.95 bits per heavy atom. The molecular weight excluding hydrogens is 250 g/mol. The van der Waals surface area contributed by atoms with Crippen LogP contribution in [0, 0.1) is 0 Å². The van der Waals surface area contributed by atoms with E-state index in [0.29, 0.717) is 6.54 Å². The highest BCUT2D eigenvalue weighted by atomic mass is 16.2. The highest BCUT2D eigenvalue weighted by Crippen LogP contribution is 2.43. The van der Waals surface area contributed by atoms with E-state index in [2.05, 4.69) is 23.2 Å². The van der Waals surface area contributed by atoms with Crippen molar-refractivity contribution in [1.29, 1.82) is 0 Å². The SMILES string of the molecule is CN1CC(=O)N2CCc3cc(-c4cccnc4)cc1c32. The molecule has 0 bridgehead atoms. The largest absolute Gasteiger partial charge is 0.364 e. The molecule has 2 aliphatic rings. The van der Waals surface area contributed by atoms with Gasteiger partial charge in [0, 0.05) is 31.5 Å². The molecule has 0 aliphatic carbocycles. The predicted octanol–water partition coefficient (Wildman–Crippen LogP) is 2.09. The Bertz CT molecular complexity index is 696. The molecule has 4 rings (SSSR count). The number of amides is 1. The monoisotopic (exact) mass is 265 g/mol. The summed E-state index contributed by atoms with van der Waals surface area (Å²) in [5.74, 6) is 0.202. The Kier molecular flexibility index (Phi) is 2.33. The van der Waals surface area contributed by atoms with Crippen LogP contribution in [0.2, 0.25) is 0 Å². The lowest BCUT2D eigenvalue weighted by atomic mass is 10.0. The van der Waals surface area contributed by atoms with Crippen LogP contribution in [0.3, 0.4) is 0 Å². The summed E-state index contributed by atoms with van der Waals surface area (Å²) in [5.41, 5.74) is 5.82. The van der Waals surface area contributed by atoms with Gasteiger partial charge >= 0.3 is 0 Å². The molecule has 0 radical (unpaired) electrons. The van der Waals surface area contributed by atoms with Crippen molar-refractivity contribution in [1.82, 2.24) is 4.98 Å². The number of carbonyl (C=O) groups is 1.